The lowest BCUT2D eigenvalue weighted by molar-refractivity contribution is -0.157. The Hall–Kier alpha value is -3.39. The summed E-state index contributed by atoms with van der Waals surface area (Å²) >= 11 is 0. The number of fused-ring (bicyclic) bond motifs is 3. The molecule has 2 aromatic carbocycles. The van der Waals surface area contributed by atoms with E-state index >= 15 is 0 Å². The number of β-amino-alcohol motifs (C(OH)–C–C–N with tert-alkyl or cyclic N) is 1. The van der Waals surface area contributed by atoms with Crippen LogP contribution in [0.4, 0.5) is 4.79 Å². The molecule has 0 bridgehead atoms. The molecule has 1 aliphatic heterocycles. The van der Waals surface area contributed by atoms with Gasteiger partial charge in [-0.25, -0.2) is 9.59 Å². The predicted molar refractivity (Wildman–Crippen MR) is 121 cm³/mol. The summed E-state index contributed by atoms with van der Waals surface area (Å²) in [6.45, 7) is 1.84. The van der Waals surface area contributed by atoms with E-state index in [2.05, 4.69) is 17.4 Å². The first-order valence-corrected chi connectivity index (χ1v) is 11.2. The maximum atomic E-state index is 12.9. The Morgan fingerprint density at radius 3 is 2.27 bits per heavy atom. The number of nitrogens with zero attached hydrogens (tertiary/aromatic N) is 1. The van der Waals surface area contributed by atoms with Crippen molar-refractivity contribution in [3.63, 3.8) is 0 Å². The normalized spacial score (nSPS) is 20.1. The third-order valence-corrected chi connectivity index (χ3v) is 6.47. The topological polar surface area (TPSA) is 116 Å². The smallest absolute Gasteiger partial charge is 0.407 e. The zero-order valence-corrected chi connectivity index (χ0v) is 18.5. The quantitative estimate of drug-likeness (QED) is 0.595. The Bertz CT molecular complexity index is 1020. The third kappa shape index (κ3) is 4.43. The van der Waals surface area contributed by atoms with Gasteiger partial charge in [-0.3, -0.25) is 4.79 Å². The molecule has 8 nitrogen and oxygen atoms in total. The molecule has 3 N–H and O–H groups in total. The molecule has 0 saturated carbocycles. The lowest BCUT2D eigenvalue weighted by Gasteiger charge is -2.25. The van der Waals surface area contributed by atoms with Gasteiger partial charge in [0.1, 0.15) is 12.6 Å². The van der Waals surface area contributed by atoms with E-state index in [4.69, 9.17) is 4.74 Å². The summed E-state index contributed by atoms with van der Waals surface area (Å²) in [4.78, 5) is 38.1. The standard InChI is InChI=1S/C25H28N2O6/c1-2-7-21(22(28)27-13-12-25(32,15-27)23(29)30)26-24(31)33-14-20-18-10-5-3-8-16(18)17-9-4-6-11-19(17)20/h3-6,8-11,20-21,32H,2,7,12-15H2,1H3,(H,26,31)(H,29,30). The van der Waals surface area contributed by atoms with Gasteiger partial charge < -0.3 is 25.2 Å². The van der Waals surface area contributed by atoms with Gasteiger partial charge in [0.2, 0.25) is 5.91 Å². The number of aliphatic carboxylic acids is 1. The number of ether oxygens (including phenoxy) is 1. The molecule has 2 amide bonds. The van der Waals surface area contributed by atoms with E-state index < -0.39 is 29.6 Å². The van der Waals surface area contributed by atoms with E-state index in [0.29, 0.717) is 12.8 Å². The van der Waals surface area contributed by atoms with E-state index in [1.54, 1.807) is 0 Å². The number of hydrogen-bond donors (Lipinski definition) is 3. The summed E-state index contributed by atoms with van der Waals surface area (Å²) in [5.74, 6) is -1.86. The van der Waals surface area contributed by atoms with Crippen LogP contribution in [0.1, 0.15) is 43.2 Å². The second kappa shape index (κ2) is 9.23. The van der Waals surface area contributed by atoms with Crippen LogP contribution < -0.4 is 5.32 Å². The van der Waals surface area contributed by atoms with Gasteiger partial charge in [0.05, 0.1) is 6.54 Å². The van der Waals surface area contributed by atoms with Gasteiger partial charge in [0, 0.05) is 18.9 Å². The van der Waals surface area contributed by atoms with E-state index in [1.807, 2.05) is 43.3 Å². The molecule has 0 aromatic heterocycles. The van der Waals surface area contributed by atoms with Crippen LogP contribution in [0, 0.1) is 0 Å². The largest absolute Gasteiger partial charge is 0.479 e. The van der Waals surface area contributed by atoms with Crippen molar-refractivity contribution < 1.29 is 29.3 Å². The minimum Gasteiger partial charge on any atom is -0.479 e. The van der Waals surface area contributed by atoms with Crippen molar-refractivity contribution in [2.75, 3.05) is 19.7 Å². The van der Waals surface area contributed by atoms with Gasteiger partial charge in [0.15, 0.2) is 5.60 Å². The maximum absolute atomic E-state index is 12.9. The van der Waals surface area contributed by atoms with E-state index in [9.17, 15) is 24.6 Å². The lowest BCUT2D eigenvalue weighted by atomic mass is 9.98. The number of rotatable bonds is 7. The van der Waals surface area contributed by atoms with Crippen molar-refractivity contribution in [1.82, 2.24) is 10.2 Å². The molecule has 0 spiro atoms. The number of carbonyl (C=O) groups is 3. The predicted octanol–water partition coefficient (Wildman–Crippen LogP) is 2.74. The second-order valence-corrected chi connectivity index (χ2v) is 8.66. The summed E-state index contributed by atoms with van der Waals surface area (Å²) in [5.41, 5.74) is 2.49. The molecule has 1 heterocycles. The maximum Gasteiger partial charge on any atom is 0.407 e. The SMILES string of the molecule is CCCC(NC(=O)OCC1c2ccccc2-c2ccccc21)C(=O)N1CCC(O)(C(=O)O)C1. The van der Waals surface area contributed by atoms with Crippen LogP contribution in [0.25, 0.3) is 11.1 Å². The van der Waals surface area contributed by atoms with Gasteiger partial charge in [-0.15, -0.1) is 0 Å². The molecular weight excluding hydrogens is 424 g/mol. The average molecular weight is 453 g/mol. The van der Waals surface area contributed by atoms with Crippen LogP contribution in [-0.4, -0.2) is 64.4 Å². The van der Waals surface area contributed by atoms with Crippen molar-refractivity contribution >= 4 is 18.0 Å². The molecule has 1 saturated heterocycles. The highest BCUT2D eigenvalue weighted by atomic mass is 16.5. The zero-order valence-electron chi connectivity index (χ0n) is 18.5. The monoisotopic (exact) mass is 452 g/mol. The molecule has 8 heteroatoms. The Kier molecular flexibility index (Phi) is 6.37. The first kappa shape index (κ1) is 22.8. The number of aliphatic hydroxyl groups is 1. The van der Waals surface area contributed by atoms with Crippen LogP contribution in [0.5, 0.6) is 0 Å². The Balaban J connectivity index is 1.40. The minimum atomic E-state index is -1.95. The fourth-order valence-corrected chi connectivity index (χ4v) is 4.71. The Morgan fingerprint density at radius 1 is 1.12 bits per heavy atom. The highest BCUT2D eigenvalue weighted by molar-refractivity contribution is 5.88. The van der Waals surface area contributed by atoms with Gasteiger partial charge in [-0.2, -0.15) is 0 Å². The molecular formula is C25H28N2O6. The van der Waals surface area contributed by atoms with Crippen LogP contribution >= 0.6 is 0 Å². The van der Waals surface area contributed by atoms with Crippen molar-refractivity contribution in [3.05, 3.63) is 59.7 Å². The fourth-order valence-electron chi connectivity index (χ4n) is 4.71. The van der Waals surface area contributed by atoms with Crippen LogP contribution in [0.3, 0.4) is 0 Å². The van der Waals surface area contributed by atoms with Crippen molar-refractivity contribution in [2.45, 2.75) is 43.7 Å². The summed E-state index contributed by atoms with van der Waals surface area (Å²) in [7, 11) is 0. The molecule has 2 aromatic rings. The molecule has 33 heavy (non-hydrogen) atoms. The number of alkyl carbamates (subject to hydrolysis) is 1. The molecule has 1 fully saturated rings. The number of carboxylic acids is 1. The van der Waals surface area contributed by atoms with Crippen LogP contribution in [0.15, 0.2) is 48.5 Å². The highest BCUT2D eigenvalue weighted by Gasteiger charge is 2.45. The molecule has 2 atom stereocenters. The average Bonchev–Trinajstić information content (AvgIpc) is 3.36. The van der Waals surface area contributed by atoms with Gasteiger partial charge in [-0.1, -0.05) is 61.9 Å². The van der Waals surface area contributed by atoms with Crippen LogP contribution in [0.2, 0.25) is 0 Å². The number of carboxylic acid groups (broad SMARTS) is 1. The van der Waals surface area contributed by atoms with Gasteiger partial charge >= 0.3 is 12.1 Å². The fraction of sp³-hybridized carbons (Fsp3) is 0.400. The van der Waals surface area contributed by atoms with Crippen LogP contribution in [-0.2, 0) is 14.3 Å². The number of hydrogen-bond acceptors (Lipinski definition) is 5. The van der Waals surface area contributed by atoms with E-state index in [-0.39, 0.29) is 32.0 Å². The molecule has 1 aliphatic carbocycles. The molecule has 4 rings (SSSR count). The Labute approximate surface area is 192 Å². The van der Waals surface area contributed by atoms with Gasteiger partial charge in [0.25, 0.3) is 0 Å². The van der Waals surface area contributed by atoms with Gasteiger partial charge in [-0.05, 0) is 28.7 Å². The first-order valence-electron chi connectivity index (χ1n) is 11.2. The van der Waals surface area contributed by atoms with E-state index in [1.165, 1.54) is 4.90 Å². The number of amides is 2. The number of carbonyl (C=O) groups excluding carboxylic acids is 2. The number of nitrogens with one attached hydrogen (secondary N) is 1. The lowest BCUT2D eigenvalue weighted by Crippen LogP contribution is -2.50. The van der Waals surface area contributed by atoms with E-state index in [0.717, 1.165) is 22.3 Å². The summed E-state index contributed by atoms with van der Waals surface area (Å²) in [6.07, 6.45) is 0.274. The highest BCUT2D eigenvalue weighted by Crippen LogP contribution is 2.44. The summed E-state index contributed by atoms with van der Waals surface area (Å²) < 4.78 is 5.54. The summed E-state index contributed by atoms with van der Waals surface area (Å²) in [6, 6.07) is 15.2. The molecule has 0 radical (unpaired) electrons. The first-order chi connectivity index (χ1) is 15.8. The van der Waals surface area contributed by atoms with Crippen molar-refractivity contribution in [2.24, 2.45) is 0 Å². The number of benzene rings is 2. The molecule has 2 aliphatic rings. The number of likely N-dealkylation sites (tertiary alicyclic amines) is 1. The Morgan fingerprint density at radius 2 is 1.73 bits per heavy atom. The minimum absolute atomic E-state index is 0.0438. The third-order valence-electron chi connectivity index (χ3n) is 6.47. The van der Waals surface area contributed by atoms with Crippen molar-refractivity contribution in [1.29, 1.82) is 0 Å². The van der Waals surface area contributed by atoms with Crippen molar-refractivity contribution in [3.8, 4) is 11.1 Å². The zero-order chi connectivity index (χ0) is 23.6. The second-order valence-electron chi connectivity index (χ2n) is 8.66. The molecule has 174 valence electrons. The summed E-state index contributed by atoms with van der Waals surface area (Å²) in [5, 5.41) is 22.0. The molecule has 2 unspecified atom stereocenters.